The number of halogens is 1. The van der Waals surface area contributed by atoms with Crippen LogP contribution in [0.25, 0.3) is 0 Å². The number of hydrazone groups is 1. The topological polar surface area (TPSA) is 74.5 Å². The van der Waals surface area contributed by atoms with Crippen molar-refractivity contribution in [1.29, 1.82) is 5.26 Å². The van der Waals surface area contributed by atoms with Crippen LogP contribution in [-0.4, -0.2) is 18.3 Å². The molecular weight excluding hydrogens is 254 g/mol. The lowest BCUT2D eigenvalue weighted by atomic mass is 10.2. The molecule has 0 radical (unpaired) electrons. The first-order valence-electron chi connectivity index (χ1n) is 5.26. The third kappa shape index (κ3) is 3.47. The van der Waals surface area contributed by atoms with E-state index < -0.39 is 5.97 Å². The van der Waals surface area contributed by atoms with E-state index in [1.54, 1.807) is 38.1 Å². The maximum atomic E-state index is 11.3. The van der Waals surface area contributed by atoms with Gasteiger partial charge in [-0.1, -0.05) is 17.7 Å². The third-order valence-electron chi connectivity index (χ3n) is 2.13. The molecule has 0 saturated heterocycles. The molecule has 0 fully saturated rings. The van der Waals surface area contributed by atoms with E-state index >= 15 is 0 Å². The van der Waals surface area contributed by atoms with E-state index in [0.29, 0.717) is 10.7 Å². The van der Waals surface area contributed by atoms with Crippen molar-refractivity contribution in [3.8, 4) is 6.07 Å². The molecule has 18 heavy (non-hydrogen) atoms. The molecule has 1 N–H and O–H groups in total. The van der Waals surface area contributed by atoms with Crippen molar-refractivity contribution in [2.75, 3.05) is 12.0 Å². The minimum Gasteiger partial charge on any atom is -0.461 e. The summed E-state index contributed by atoms with van der Waals surface area (Å²) >= 11 is 5.93. The Morgan fingerprint density at radius 3 is 2.94 bits per heavy atom. The summed E-state index contributed by atoms with van der Waals surface area (Å²) in [7, 11) is 0. The van der Waals surface area contributed by atoms with Crippen molar-refractivity contribution in [3.05, 3.63) is 28.8 Å². The summed E-state index contributed by atoms with van der Waals surface area (Å²) in [6, 6.07) is 6.89. The van der Waals surface area contributed by atoms with Crippen LogP contribution < -0.4 is 5.43 Å². The number of nitrogens with zero attached hydrogens (tertiary/aromatic N) is 2. The van der Waals surface area contributed by atoms with Gasteiger partial charge in [0.2, 0.25) is 5.71 Å². The first-order chi connectivity index (χ1) is 8.60. The van der Waals surface area contributed by atoms with E-state index in [2.05, 4.69) is 15.3 Å². The minimum absolute atomic E-state index is 0.190. The zero-order valence-corrected chi connectivity index (χ0v) is 10.8. The van der Waals surface area contributed by atoms with E-state index in [9.17, 15) is 4.79 Å². The fraction of sp³-hybridized carbons (Fsp3) is 0.250. The highest BCUT2D eigenvalue weighted by Crippen LogP contribution is 2.22. The second kappa shape index (κ2) is 6.62. The molecule has 0 atom stereocenters. The van der Waals surface area contributed by atoms with Gasteiger partial charge in [-0.05, 0) is 31.5 Å². The number of nitrogens with one attached hydrogen (secondary N) is 1. The first-order valence-corrected chi connectivity index (χ1v) is 5.64. The van der Waals surface area contributed by atoms with Crippen molar-refractivity contribution in [3.63, 3.8) is 0 Å². The standard InChI is InChI=1S/C12H12ClN3O2/c1-3-18-12(17)11(7-14)16-15-10-6-4-5-9(13)8(10)2/h4-6,15H,3H2,1-2H3/b16-11+. The Hall–Kier alpha value is -2.06. The van der Waals surface area contributed by atoms with Gasteiger partial charge in [-0.25, -0.2) is 4.79 Å². The number of rotatable bonds is 4. The van der Waals surface area contributed by atoms with Gasteiger partial charge in [-0.15, -0.1) is 0 Å². The number of hydrogen-bond donors (Lipinski definition) is 1. The fourth-order valence-corrected chi connectivity index (χ4v) is 1.33. The van der Waals surface area contributed by atoms with Gasteiger partial charge < -0.3 is 4.74 Å². The molecule has 0 aliphatic heterocycles. The van der Waals surface area contributed by atoms with Crippen LogP contribution in [0, 0.1) is 18.3 Å². The van der Waals surface area contributed by atoms with E-state index in [4.69, 9.17) is 16.9 Å². The second-order valence-corrected chi connectivity index (χ2v) is 3.72. The van der Waals surface area contributed by atoms with Crippen LogP contribution >= 0.6 is 11.6 Å². The number of carbonyl (C=O) groups is 1. The number of carbonyl (C=O) groups excluding carboxylic acids is 1. The van der Waals surface area contributed by atoms with E-state index in [0.717, 1.165) is 5.56 Å². The number of benzene rings is 1. The number of anilines is 1. The average Bonchev–Trinajstić information content (AvgIpc) is 2.35. The molecule has 0 saturated carbocycles. The van der Waals surface area contributed by atoms with Crippen molar-refractivity contribution in [2.45, 2.75) is 13.8 Å². The van der Waals surface area contributed by atoms with Gasteiger partial charge >= 0.3 is 5.97 Å². The molecule has 1 aromatic carbocycles. The average molecular weight is 266 g/mol. The summed E-state index contributed by atoms with van der Waals surface area (Å²) in [5, 5.41) is 13.1. The number of hydrogen-bond acceptors (Lipinski definition) is 5. The Morgan fingerprint density at radius 1 is 1.61 bits per heavy atom. The molecule has 1 rings (SSSR count). The Morgan fingerprint density at radius 2 is 2.33 bits per heavy atom. The normalized spacial score (nSPS) is 10.7. The SMILES string of the molecule is CCOC(=O)/C(C#N)=N/Nc1cccc(Cl)c1C. The monoisotopic (exact) mass is 265 g/mol. The van der Waals surface area contributed by atoms with Crippen LogP contribution in [0.4, 0.5) is 5.69 Å². The predicted octanol–water partition coefficient (Wildman–Crippen LogP) is 2.50. The lowest BCUT2D eigenvalue weighted by molar-refractivity contribution is -0.134. The van der Waals surface area contributed by atoms with Crippen LogP contribution in [-0.2, 0) is 9.53 Å². The lowest BCUT2D eigenvalue weighted by Crippen LogP contribution is -2.17. The Labute approximate surface area is 110 Å². The van der Waals surface area contributed by atoms with Gasteiger partial charge in [0.15, 0.2) is 0 Å². The van der Waals surface area contributed by atoms with E-state index in [1.807, 2.05) is 0 Å². The molecule has 5 nitrogen and oxygen atoms in total. The number of ether oxygens (including phenoxy) is 1. The number of esters is 1. The van der Waals surface area contributed by atoms with Gasteiger partial charge in [0.05, 0.1) is 12.3 Å². The smallest absolute Gasteiger partial charge is 0.369 e. The summed E-state index contributed by atoms with van der Waals surface area (Å²) in [5.74, 6) is -0.757. The molecule has 6 heteroatoms. The van der Waals surface area contributed by atoms with Crippen molar-refractivity contribution in [2.24, 2.45) is 5.10 Å². The molecule has 0 aliphatic carbocycles. The third-order valence-corrected chi connectivity index (χ3v) is 2.54. The summed E-state index contributed by atoms with van der Waals surface area (Å²) in [5.41, 5.74) is 3.69. The molecule has 0 bridgehead atoms. The molecule has 0 aromatic heterocycles. The van der Waals surface area contributed by atoms with Crippen LogP contribution in [0.1, 0.15) is 12.5 Å². The van der Waals surface area contributed by atoms with E-state index in [-0.39, 0.29) is 12.3 Å². The summed E-state index contributed by atoms with van der Waals surface area (Å²) in [6.07, 6.45) is 0. The summed E-state index contributed by atoms with van der Waals surface area (Å²) < 4.78 is 4.68. The maximum Gasteiger partial charge on any atom is 0.369 e. The largest absolute Gasteiger partial charge is 0.461 e. The molecular formula is C12H12ClN3O2. The molecule has 0 heterocycles. The van der Waals surface area contributed by atoms with Crippen molar-refractivity contribution >= 4 is 29.0 Å². The maximum absolute atomic E-state index is 11.3. The van der Waals surface area contributed by atoms with E-state index in [1.165, 1.54) is 0 Å². The Balaban J connectivity index is 2.87. The molecule has 0 amide bonds. The number of nitriles is 1. The van der Waals surface area contributed by atoms with Crippen LogP contribution in [0.5, 0.6) is 0 Å². The van der Waals surface area contributed by atoms with Crippen molar-refractivity contribution in [1.82, 2.24) is 0 Å². The van der Waals surface area contributed by atoms with Gasteiger partial charge in [0.1, 0.15) is 6.07 Å². The second-order valence-electron chi connectivity index (χ2n) is 3.32. The highest BCUT2D eigenvalue weighted by atomic mass is 35.5. The van der Waals surface area contributed by atoms with Crippen molar-refractivity contribution < 1.29 is 9.53 Å². The zero-order chi connectivity index (χ0) is 13.5. The summed E-state index contributed by atoms with van der Waals surface area (Å²) in [6.45, 7) is 3.65. The highest BCUT2D eigenvalue weighted by Gasteiger charge is 2.12. The molecule has 0 unspecified atom stereocenters. The Bertz CT molecular complexity index is 521. The van der Waals surface area contributed by atoms with Crippen LogP contribution in [0.15, 0.2) is 23.3 Å². The van der Waals surface area contributed by atoms with Gasteiger partial charge in [0.25, 0.3) is 0 Å². The first kappa shape index (κ1) is 14.0. The minimum atomic E-state index is -0.757. The highest BCUT2D eigenvalue weighted by molar-refractivity contribution is 6.43. The van der Waals surface area contributed by atoms with Gasteiger partial charge in [-0.3, -0.25) is 5.43 Å². The molecule has 94 valence electrons. The quantitative estimate of drug-likeness (QED) is 0.516. The predicted molar refractivity (Wildman–Crippen MR) is 69.5 cm³/mol. The molecule has 1 aromatic rings. The van der Waals surface area contributed by atoms with Gasteiger partial charge in [-0.2, -0.15) is 10.4 Å². The zero-order valence-electron chi connectivity index (χ0n) is 10.0. The summed E-state index contributed by atoms with van der Waals surface area (Å²) in [4.78, 5) is 11.3. The molecule has 0 aliphatic rings. The lowest BCUT2D eigenvalue weighted by Gasteiger charge is -2.06. The van der Waals surface area contributed by atoms with Crippen LogP contribution in [0.2, 0.25) is 5.02 Å². The van der Waals surface area contributed by atoms with Crippen LogP contribution in [0.3, 0.4) is 0 Å². The Kier molecular flexibility index (Phi) is 5.15. The molecule has 0 spiro atoms. The van der Waals surface area contributed by atoms with Gasteiger partial charge in [0, 0.05) is 5.02 Å². The fourth-order valence-electron chi connectivity index (χ4n) is 1.16.